The van der Waals surface area contributed by atoms with Crippen molar-refractivity contribution >= 4 is 17.7 Å². The maximum Gasteiger partial charge on any atom is 0.221 e. The molecular weight excluding hydrogens is 310 g/mol. The third kappa shape index (κ3) is 3.90. The van der Waals surface area contributed by atoms with Crippen LogP contribution in [-0.2, 0) is 17.8 Å². The van der Waals surface area contributed by atoms with E-state index in [4.69, 9.17) is 0 Å². The molecule has 0 spiro atoms. The van der Waals surface area contributed by atoms with E-state index in [-0.39, 0.29) is 11.9 Å². The number of fused-ring (bicyclic) bond motifs is 1. The van der Waals surface area contributed by atoms with Gasteiger partial charge in [-0.3, -0.25) is 9.78 Å². The summed E-state index contributed by atoms with van der Waals surface area (Å²) in [6.07, 6.45) is 8.82. The van der Waals surface area contributed by atoms with Crippen LogP contribution in [0.15, 0.2) is 24.5 Å². The van der Waals surface area contributed by atoms with E-state index >= 15 is 0 Å². The lowest BCUT2D eigenvalue weighted by molar-refractivity contribution is -0.121. The molecule has 1 amide bonds. The van der Waals surface area contributed by atoms with E-state index in [1.165, 1.54) is 0 Å². The molecule has 0 bridgehead atoms. The highest BCUT2D eigenvalue weighted by atomic mass is 32.2. The zero-order chi connectivity index (χ0) is 16.1. The van der Waals surface area contributed by atoms with Gasteiger partial charge in [-0.05, 0) is 31.2 Å². The number of nitrogens with zero attached hydrogens (tertiary/aromatic N) is 4. The zero-order valence-electron chi connectivity index (χ0n) is 13.2. The van der Waals surface area contributed by atoms with Crippen LogP contribution in [0.25, 0.3) is 11.4 Å². The van der Waals surface area contributed by atoms with E-state index in [1.54, 1.807) is 18.0 Å². The Kier molecular flexibility index (Phi) is 5.27. The molecular formula is C16H21N5OS. The average molecular weight is 331 g/mol. The van der Waals surface area contributed by atoms with E-state index in [1.807, 2.05) is 24.6 Å². The largest absolute Gasteiger partial charge is 0.353 e. The first-order valence-electron chi connectivity index (χ1n) is 7.88. The van der Waals surface area contributed by atoms with Crippen LogP contribution in [0.3, 0.4) is 0 Å². The summed E-state index contributed by atoms with van der Waals surface area (Å²) < 4.78 is 2.16. The van der Waals surface area contributed by atoms with Crippen LogP contribution in [0, 0.1) is 0 Å². The summed E-state index contributed by atoms with van der Waals surface area (Å²) in [6, 6.07) is 4.12. The van der Waals surface area contributed by atoms with Gasteiger partial charge in [0.25, 0.3) is 0 Å². The van der Waals surface area contributed by atoms with Crippen LogP contribution < -0.4 is 5.32 Å². The van der Waals surface area contributed by atoms with Gasteiger partial charge < -0.3 is 9.88 Å². The summed E-state index contributed by atoms with van der Waals surface area (Å²) in [7, 11) is 0. The van der Waals surface area contributed by atoms with E-state index in [0.29, 0.717) is 6.42 Å². The van der Waals surface area contributed by atoms with Crippen molar-refractivity contribution < 1.29 is 4.79 Å². The molecule has 0 fully saturated rings. The van der Waals surface area contributed by atoms with Crippen LogP contribution in [0.5, 0.6) is 0 Å². The van der Waals surface area contributed by atoms with Crippen molar-refractivity contribution in [2.75, 3.05) is 12.0 Å². The standard InChI is InChI=1S/C16H21N5OS/c1-23-10-7-15(22)18-13-4-5-14-19-20-16(21(14)9-6-13)12-3-2-8-17-11-12/h2-3,8,11,13H,4-7,9-10H2,1H3,(H,18,22). The summed E-state index contributed by atoms with van der Waals surface area (Å²) in [5.41, 5.74) is 0.980. The number of hydrogen-bond donors (Lipinski definition) is 1. The number of aromatic nitrogens is 4. The first kappa shape index (κ1) is 16.0. The fraction of sp³-hybridized carbons (Fsp3) is 0.500. The highest BCUT2D eigenvalue weighted by molar-refractivity contribution is 7.98. The van der Waals surface area contributed by atoms with Crippen molar-refractivity contribution in [3.63, 3.8) is 0 Å². The van der Waals surface area contributed by atoms with Gasteiger partial charge in [0.2, 0.25) is 5.91 Å². The van der Waals surface area contributed by atoms with E-state index in [0.717, 1.165) is 48.8 Å². The number of carbonyl (C=O) groups is 1. The smallest absolute Gasteiger partial charge is 0.221 e. The molecule has 1 unspecified atom stereocenters. The molecule has 0 aliphatic carbocycles. The number of pyridine rings is 1. The number of thioether (sulfide) groups is 1. The second kappa shape index (κ2) is 7.59. The van der Waals surface area contributed by atoms with Gasteiger partial charge in [-0.15, -0.1) is 10.2 Å². The minimum Gasteiger partial charge on any atom is -0.353 e. The van der Waals surface area contributed by atoms with E-state index in [9.17, 15) is 4.79 Å². The number of amides is 1. The Morgan fingerprint density at radius 2 is 2.35 bits per heavy atom. The highest BCUT2D eigenvalue weighted by Gasteiger charge is 2.21. The molecule has 0 saturated heterocycles. The maximum absolute atomic E-state index is 11.9. The van der Waals surface area contributed by atoms with Crippen LogP contribution in [0.2, 0.25) is 0 Å². The van der Waals surface area contributed by atoms with Crippen molar-refractivity contribution in [2.24, 2.45) is 0 Å². The minimum absolute atomic E-state index is 0.148. The third-order valence-corrected chi connectivity index (χ3v) is 4.68. The molecule has 2 aromatic heterocycles. The number of aryl methyl sites for hydroxylation is 1. The summed E-state index contributed by atoms with van der Waals surface area (Å²) in [5.74, 6) is 2.87. The number of hydrogen-bond acceptors (Lipinski definition) is 5. The van der Waals surface area contributed by atoms with Crippen LogP contribution in [-0.4, -0.2) is 43.7 Å². The predicted octanol–water partition coefficient (Wildman–Crippen LogP) is 1.91. The molecule has 7 heteroatoms. The molecule has 0 aromatic carbocycles. The zero-order valence-corrected chi connectivity index (χ0v) is 14.1. The Morgan fingerprint density at radius 1 is 1.43 bits per heavy atom. The SMILES string of the molecule is CSCCC(=O)NC1CCc2nnc(-c3cccnc3)n2CC1. The van der Waals surface area contributed by atoms with Crippen LogP contribution in [0.1, 0.15) is 25.1 Å². The Balaban J connectivity index is 1.67. The molecule has 2 aromatic rings. The third-order valence-electron chi connectivity index (χ3n) is 4.06. The first-order valence-corrected chi connectivity index (χ1v) is 9.28. The van der Waals surface area contributed by atoms with E-state index in [2.05, 4.69) is 25.1 Å². The topological polar surface area (TPSA) is 72.7 Å². The molecule has 23 heavy (non-hydrogen) atoms. The fourth-order valence-corrected chi connectivity index (χ4v) is 3.22. The molecule has 0 saturated carbocycles. The normalized spacial score (nSPS) is 17.3. The summed E-state index contributed by atoms with van der Waals surface area (Å²) >= 11 is 1.70. The Labute approximate surface area is 140 Å². The quantitative estimate of drug-likeness (QED) is 0.906. The van der Waals surface area contributed by atoms with Gasteiger partial charge in [-0.25, -0.2) is 0 Å². The molecule has 1 N–H and O–H groups in total. The number of rotatable bonds is 5. The lowest BCUT2D eigenvalue weighted by atomic mass is 10.1. The van der Waals surface area contributed by atoms with Crippen molar-refractivity contribution in [3.05, 3.63) is 30.4 Å². The number of carbonyl (C=O) groups excluding carboxylic acids is 1. The summed E-state index contributed by atoms with van der Waals surface area (Å²) in [6.45, 7) is 0.819. The first-order chi connectivity index (χ1) is 11.3. The predicted molar refractivity (Wildman–Crippen MR) is 91.1 cm³/mol. The Bertz CT molecular complexity index is 658. The van der Waals surface area contributed by atoms with Gasteiger partial charge in [0.15, 0.2) is 5.82 Å². The monoisotopic (exact) mass is 331 g/mol. The van der Waals surface area contributed by atoms with Crippen molar-refractivity contribution in [1.82, 2.24) is 25.1 Å². The van der Waals surface area contributed by atoms with Crippen LogP contribution >= 0.6 is 11.8 Å². The van der Waals surface area contributed by atoms with Crippen molar-refractivity contribution in [1.29, 1.82) is 0 Å². The fourth-order valence-electron chi connectivity index (χ4n) is 2.84. The Hall–Kier alpha value is -1.89. The minimum atomic E-state index is 0.148. The van der Waals surface area contributed by atoms with E-state index < -0.39 is 0 Å². The highest BCUT2D eigenvalue weighted by Crippen LogP contribution is 2.22. The molecule has 1 atom stereocenters. The van der Waals surface area contributed by atoms with Crippen LogP contribution in [0.4, 0.5) is 0 Å². The summed E-state index contributed by atoms with van der Waals surface area (Å²) in [5, 5.41) is 11.8. The lowest BCUT2D eigenvalue weighted by Crippen LogP contribution is -2.35. The van der Waals surface area contributed by atoms with Crippen molar-refractivity contribution in [2.45, 2.75) is 38.3 Å². The van der Waals surface area contributed by atoms with Gasteiger partial charge in [-0.1, -0.05) is 0 Å². The molecule has 122 valence electrons. The molecule has 6 nitrogen and oxygen atoms in total. The van der Waals surface area contributed by atoms with Gasteiger partial charge in [0, 0.05) is 49.1 Å². The van der Waals surface area contributed by atoms with Crippen molar-refractivity contribution in [3.8, 4) is 11.4 Å². The summed E-state index contributed by atoms with van der Waals surface area (Å²) in [4.78, 5) is 16.1. The van der Waals surface area contributed by atoms with Gasteiger partial charge in [-0.2, -0.15) is 11.8 Å². The second-order valence-electron chi connectivity index (χ2n) is 5.67. The van der Waals surface area contributed by atoms with Gasteiger partial charge in [0.1, 0.15) is 5.82 Å². The van der Waals surface area contributed by atoms with Gasteiger partial charge >= 0.3 is 0 Å². The van der Waals surface area contributed by atoms with Gasteiger partial charge in [0.05, 0.1) is 0 Å². The number of nitrogens with one attached hydrogen (secondary N) is 1. The second-order valence-corrected chi connectivity index (χ2v) is 6.65. The average Bonchev–Trinajstić information content (AvgIpc) is 2.89. The maximum atomic E-state index is 11.9. The molecule has 0 radical (unpaired) electrons. The lowest BCUT2D eigenvalue weighted by Gasteiger charge is -2.16. The molecule has 3 rings (SSSR count). The molecule has 1 aliphatic rings. The molecule has 3 heterocycles. The molecule has 1 aliphatic heterocycles. The Morgan fingerprint density at radius 3 is 3.13 bits per heavy atom.